The standard InChI is InChI=1S/C21H21N7O2/c1-27(9-10-30-2)21(29)14-6-7-16(24-11-14)15-12-25-20-18(17-5-3-4-8-23-17)19(22)26-28(20)13-15/h3-8,11-13H,9-10H2,1-2H3,(H2,22,26). The van der Waals surface area contributed by atoms with Gasteiger partial charge >= 0.3 is 0 Å². The second-order valence-electron chi connectivity index (χ2n) is 6.74. The lowest BCUT2D eigenvalue weighted by Gasteiger charge is -2.16. The Morgan fingerprint density at radius 1 is 1.13 bits per heavy atom. The molecule has 30 heavy (non-hydrogen) atoms. The maximum Gasteiger partial charge on any atom is 0.255 e. The Hall–Kier alpha value is -3.85. The highest BCUT2D eigenvalue weighted by Gasteiger charge is 2.16. The number of pyridine rings is 2. The van der Waals surface area contributed by atoms with Crippen molar-refractivity contribution in [2.24, 2.45) is 0 Å². The minimum Gasteiger partial charge on any atom is -0.383 e. The zero-order chi connectivity index (χ0) is 21.1. The number of carbonyl (C=O) groups excluding carboxylic acids is 1. The van der Waals surface area contributed by atoms with E-state index in [1.165, 1.54) is 0 Å². The van der Waals surface area contributed by atoms with Crippen molar-refractivity contribution in [2.45, 2.75) is 0 Å². The van der Waals surface area contributed by atoms with Crippen LogP contribution in [0.15, 0.2) is 55.1 Å². The van der Waals surface area contributed by atoms with Crippen LogP contribution in [0.25, 0.3) is 28.2 Å². The number of ether oxygens (including phenoxy) is 1. The van der Waals surface area contributed by atoms with Crippen LogP contribution in [0.5, 0.6) is 0 Å². The first kappa shape index (κ1) is 19.5. The average Bonchev–Trinajstić information content (AvgIpc) is 3.12. The smallest absolute Gasteiger partial charge is 0.255 e. The van der Waals surface area contributed by atoms with Crippen molar-refractivity contribution in [3.63, 3.8) is 0 Å². The van der Waals surface area contributed by atoms with Crippen LogP contribution in [0.2, 0.25) is 0 Å². The van der Waals surface area contributed by atoms with Crippen molar-refractivity contribution in [3.05, 3.63) is 60.7 Å². The summed E-state index contributed by atoms with van der Waals surface area (Å²) in [5.41, 5.74) is 10.1. The number of likely N-dealkylation sites (N-methyl/N-ethyl adjacent to an activating group) is 1. The summed E-state index contributed by atoms with van der Waals surface area (Å²) in [7, 11) is 3.33. The highest BCUT2D eigenvalue weighted by molar-refractivity contribution is 5.94. The zero-order valence-electron chi connectivity index (χ0n) is 16.7. The predicted molar refractivity (Wildman–Crippen MR) is 113 cm³/mol. The average molecular weight is 403 g/mol. The second-order valence-corrected chi connectivity index (χ2v) is 6.74. The van der Waals surface area contributed by atoms with Crippen molar-refractivity contribution in [2.75, 3.05) is 33.0 Å². The molecule has 152 valence electrons. The van der Waals surface area contributed by atoms with Gasteiger partial charge in [0.2, 0.25) is 0 Å². The number of fused-ring (bicyclic) bond motifs is 1. The monoisotopic (exact) mass is 403 g/mol. The van der Waals surface area contributed by atoms with E-state index in [4.69, 9.17) is 10.5 Å². The van der Waals surface area contributed by atoms with Gasteiger partial charge in [-0.1, -0.05) is 6.07 Å². The van der Waals surface area contributed by atoms with Gasteiger partial charge in [0.25, 0.3) is 5.91 Å². The number of aromatic nitrogens is 5. The molecule has 4 rings (SSSR count). The molecule has 4 aromatic rings. The van der Waals surface area contributed by atoms with Gasteiger partial charge in [-0.2, -0.15) is 0 Å². The van der Waals surface area contributed by atoms with Gasteiger partial charge in [0.1, 0.15) is 0 Å². The number of nitrogen functional groups attached to an aromatic ring is 1. The molecule has 0 bridgehead atoms. The van der Waals surface area contributed by atoms with Crippen LogP contribution in [0.3, 0.4) is 0 Å². The molecule has 0 aliphatic rings. The molecule has 0 spiro atoms. The number of hydrogen-bond donors (Lipinski definition) is 1. The number of rotatable bonds is 6. The van der Waals surface area contributed by atoms with E-state index >= 15 is 0 Å². The molecule has 0 aliphatic heterocycles. The first-order valence-electron chi connectivity index (χ1n) is 9.34. The molecular weight excluding hydrogens is 382 g/mol. The molecule has 0 aromatic carbocycles. The molecule has 4 heterocycles. The fourth-order valence-electron chi connectivity index (χ4n) is 3.08. The SMILES string of the molecule is COCCN(C)C(=O)c1ccc(-c2cnc3c(-c4ccccn4)c(N)nn3c2)nc1. The maximum atomic E-state index is 12.4. The Morgan fingerprint density at radius 2 is 2.00 bits per heavy atom. The summed E-state index contributed by atoms with van der Waals surface area (Å²) < 4.78 is 6.63. The number of carbonyl (C=O) groups is 1. The number of nitrogens with zero attached hydrogens (tertiary/aromatic N) is 6. The van der Waals surface area contributed by atoms with E-state index in [0.29, 0.717) is 47.1 Å². The molecule has 2 N–H and O–H groups in total. The third kappa shape index (κ3) is 3.70. The fourth-order valence-corrected chi connectivity index (χ4v) is 3.08. The lowest BCUT2D eigenvalue weighted by molar-refractivity contribution is 0.0744. The van der Waals surface area contributed by atoms with Gasteiger partial charge in [0.05, 0.1) is 29.1 Å². The number of methoxy groups -OCH3 is 1. The minimum absolute atomic E-state index is 0.112. The normalized spacial score (nSPS) is 11.0. The van der Waals surface area contributed by atoms with Crippen LogP contribution in [0.1, 0.15) is 10.4 Å². The highest BCUT2D eigenvalue weighted by Crippen LogP contribution is 2.28. The first-order chi connectivity index (χ1) is 14.6. The summed E-state index contributed by atoms with van der Waals surface area (Å²) in [5, 5.41) is 4.36. The van der Waals surface area contributed by atoms with Gasteiger partial charge in [-0.15, -0.1) is 5.10 Å². The van der Waals surface area contributed by atoms with Crippen LogP contribution in [0.4, 0.5) is 5.82 Å². The fraction of sp³-hybridized carbons (Fsp3) is 0.190. The van der Waals surface area contributed by atoms with Crippen LogP contribution < -0.4 is 5.73 Å². The predicted octanol–water partition coefficient (Wildman–Crippen LogP) is 2.15. The Kier molecular flexibility index (Phi) is 5.36. The van der Waals surface area contributed by atoms with Crippen molar-refractivity contribution in [3.8, 4) is 22.5 Å². The molecule has 1 amide bonds. The molecule has 9 nitrogen and oxygen atoms in total. The molecule has 9 heteroatoms. The molecule has 0 aliphatic carbocycles. The van der Waals surface area contributed by atoms with E-state index in [1.54, 1.807) is 60.5 Å². The van der Waals surface area contributed by atoms with Gasteiger partial charge in [0, 0.05) is 51.1 Å². The summed E-state index contributed by atoms with van der Waals surface area (Å²) in [4.78, 5) is 27.3. The summed E-state index contributed by atoms with van der Waals surface area (Å²) in [6, 6.07) is 9.12. The van der Waals surface area contributed by atoms with Crippen LogP contribution in [-0.4, -0.2) is 62.7 Å². The topological polar surface area (TPSA) is 112 Å². The van der Waals surface area contributed by atoms with Gasteiger partial charge in [-0.05, 0) is 24.3 Å². The molecular formula is C21H21N7O2. The largest absolute Gasteiger partial charge is 0.383 e. The quantitative estimate of drug-likeness (QED) is 0.525. The van der Waals surface area contributed by atoms with Gasteiger partial charge < -0.3 is 15.4 Å². The Balaban J connectivity index is 1.62. The third-order valence-corrected chi connectivity index (χ3v) is 4.70. The van der Waals surface area contributed by atoms with E-state index in [1.807, 2.05) is 18.2 Å². The van der Waals surface area contributed by atoms with Gasteiger partial charge in [-0.3, -0.25) is 14.8 Å². The highest BCUT2D eigenvalue weighted by atomic mass is 16.5. The van der Waals surface area contributed by atoms with Gasteiger partial charge in [-0.25, -0.2) is 9.50 Å². The number of hydrogen-bond acceptors (Lipinski definition) is 7. The summed E-state index contributed by atoms with van der Waals surface area (Å²) in [6.07, 6.45) is 6.77. The van der Waals surface area contributed by atoms with E-state index in [9.17, 15) is 4.79 Å². The molecule has 0 saturated heterocycles. The summed E-state index contributed by atoms with van der Waals surface area (Å²) >= 11 is 0. The zero-order valence-corrected chi connectivity index (χ0v) is 16.7. The van der Waals surface area contributed by atoms with Crippen molar-refractivity contribution in [1.82, 2.24) is 29.5 Å². The number of amides is 1. The Morgan fingerprint density at radius 3 is 2.70 bits per heavy atom. The maximum absolute atomic E-state index is 12.4. The second kappa shape index (κ2) is 8.26. The number of nitrogens with two attached hydrogens (primary N) is 1. The first-order valence-corrected chi connectivity index (χ1v) is 9.34. The lowest BCUT2D eigenvalue weighted by atomic mass is 10.1. The summed E-state index contributed by atoms with van der Waals surface area (Å²) in [6.45, 7) is 0.990. The number of anilines is 1. The van der Waals surface area contributed by atoms with E-state index < -0.39 is 0 Å². The molecule has 0 saturated carbocycles. The third-order valence-electron chi connectivity index (χ3n) is 4.70. The molecule has 0 unspecified atom stereocenters. The Labute approximate surface area is 173 Å². The van der Waals surface area contributed by atoms with E-state index in [2.05, 4.69) is 20.1 Å². The Bertz CT molecular complexity index is 1170. The van der Waals surface area contributed by atoms with Crippen molar-refractivity contribution < 1.29 is 9.53 Å². The van der Waals surface area contributed by atoms with Crippen molar-refractivity contribution in [1.29, 1.82) is 0 Å². The minimum atomic E-state index is -0.112. The van der Waals surface area contributed by atoms with Crippen LogP contribution in [0, 0.1) is 0 Å². The lowest BCUT2D eigenvalue weighted by Crippen LogP contribution is -2.29. The summed E-state index contributed by atoms with van der Waals surface area (Å²) in [5.74, 6) is 0.242. The molecule has 0 radical (unpaired) electrons. The van der Waals surface area contributed by atoms with E-state index in [0.717, 1.165) is 5.56 Å². The van der Waals surface area contributed by atoms with E-state index in [-0.39, 0.29) is 5.91 Å². The van der Waals surface area contributed by atoms with Crippen molar-refractivity contribution >= 4 is 17.4 Å². The van der Waals surface area contributed by atoms with Crippen LogP contribution >= 0.6 is 0 Å². The van der Waals surface area contributed by atoms with Crippen LogP contribution in [-0.2, 0) is 4.74 Å². The molecule has 0 fully saturated rings. The van der Waals surface area contributed by atoms with Gasteiger partial charge in [0.15, 0.2) is 11.5 Å². The molecule has 0 atom stereocenters. The molecule has 4 aromatic heterocycles.